The maximum absolute atomic E-state index is 5.96. The van der Waals surface area contributed by atoms with Crippen LogP contribution in [0.5, 0.6) is 0 Å². The summed E-state index contributed by atoms with van der Waals surface area (Å²) in [6.45, 7) is 15.7. The highest BCUT2D eigenvalue weighted by molar-refractivity contribution is 4.83. The van der Waals surface area contributed by atoms with Gasteiger partial charge in [-0.3, -0.25) is 0 Å². The van der Waals surface area contributed by atoms with Gasteiger partial charge in [-0.05, 0) is 38.0 Å². The van der Waals surface area contributed by atoms with Crippen LogP contribution in [0.15, 0.2) is 0 Å². The molecule has 1 rings (SSSR count). The van der Waals surface area contributed by atoms with E-state index in [1.54, 1.807) is 0 Å². The number of hydrogen-bond acceptors (Lipinski definition) is 2. The molecule has 0 aromatic rings. The van der Waals surface area contributed by atoms with Crippen molar-refractivity contribution < 1.29 is 4.74 Å². The smallest absolute Gasteiger partial charge is 0.0707 e. The summed E-state index contributed by atoms with van der Waals surface area (Å²) in [5, 5.41) is 3.56. The normalized spacial score (nSPS) is 25.3. The van der Waals surface area contributed by atoms with Gasteiger partial charge in [-0.25, -0.2) is 0 Å². The first-order chi connectivity index (χ1) is 7.23. The Balaban J connectivity index is 2.22. The van der Waals surface area contributed by atoms with Crippen molar-refractivity contribution in [1.29, 1.82) is 0 Å². The third-order valence-corrected chi connectivity index (χ3v) is 4.07. The lowest BCUT2D eigenvalue weighted by molar-refractivity contribution is -0.0151. The molecule has 1 N–H and O–H groups in total. The molecule has 0 saturated carbocycles. The number of hydrogen-bond donors (Lipinski definition) is 1. The van der Waals surface area contributed by atoms with Gasteiger partial charge >= 0.3 is 0 Å². The van der Waals surface area contributed by atoms with Crippen LogP contribution < -0.4 is 5.32 Å². The lowest BCUT2D eigenvalue weighted by Crippen LogP contribution is -2.37. The highest BCUT2D eigenvalue weighted by atomic mass is 16.5. The zero-order valence-corrected chi connectivity index (χ0v) is 11.9. The Morgan fingerprint density at radius 2 is 2.00 bits per heavy atom. The molecule has 2 nitrogen and oxygen atoms in total. The van der Waals surface area contributed by atoms with Crippen molar-refractivity contribution in [3.63, 3.8) is 0 Å². The van der Waals surface area contributed by atoms with Crippen LogP contribution in [0.2, 0.25) is 0 Å². The van der Waals surface area contributed by atoms with E-state index in [1.807, 2.05) is 0 Å². The van der Waals surface area contributed by atoms with Gasteiger partial charge in [0.25, 0.3) is 0 Å². The standard InChI is InChI=1S/C14H29NO/c1-11(2)13(3,4)10-15-9-12-7-8-14(5,6)16-12/h11-12,15H,7-10H2,1-6H3. The maximum Gasteiger partial charge on any atom is 0.0707 e. The summed E-state index contributed by atoms with van der Waals surface area (Å²) >= 11 is 0. The molecule has 1 aliphatic heterocycles. The monoisotopic (exact) mass is 227 g/mol. The van der Waals surface area contributed by atoms with Crippen molar-refractivity contribution in [1.82, 2.24) is 5.32 Å². The highest BCUT2D eigenvalue weighted by Crippen LogP contribution is 2.29. The Labute approximate surface area is 101 Å². The molecule has 1 saturated heterocycles. The van der Waals surface area contributed by atoms with Gasteiger partial charge in [0.2, 0.25) is 0 Å². The van der Waals surface area contributed by atoms with E-state index in [-0.39, 0.29) is 5.60 Å². The lowest BCUT2D eigenvalue weighted by atomic mass is 9.81. The number of nitrogens with one attached hydrogen (secondary N) is 1. The van der Waals surface area contributed by atoms with Crippen molar-refractivity contribution in [3.05, 3.63) is 0 Å². The van der Waals surface area contributed by atoms with Crippen LogP contribution in [0.25, 0.3) is 0 Å². The van der Waals surface area contributed by atoms with Crippen molar-refractivity contribution >= 4 is 0 Å². The Hall–Kier alpha value is -0.0800. The Morgan fingerprint density at radius 3 is 2.44 bits per heavy atom. The molecule has 0 aliphatic carbocycles. The molecule has 2 heteroatoms. The summed E-state index contributed by atoms with van der Waals surface area (Å²) in [6, 6.07) is 0. The minimum atomic E-state index is 0.0971. The SMILES string of the molecule is CC(C)C(C)(C)CNCC1CCC(C)(C)O1. The average Bonchev–Trinajstić information content (AvgIpc) is 2.45. The van der Waals surface area contributed by atoms with E-state index in [0.29, 0.717) is 17.4 Å². The van der Waals surface area contributed by atoms with Gasteiger partial charge in [0.1, 0.15) is 0 Å². The number of rotatable bonds is 5. The van der Waals surface area contributed by atoms with Crippen LogP contribution in [0, 0.1) is 11.3 Å². The first kappa shape index (κ1) is 14.0. The zero-order valence-electron chi connectivity index (χ0n) is 11.9. The summed E-state index contributed by atoms with van der Waals surface area (Å²) in [4.78, 5) is 0. The van der Waals surface area contributed by atoms with Gasteiger partial charge in [-0.15, -0.1) is 0 Å². The zero-order chi connectivity index (χ0) is 12.4. The molecule has 0 amide bonds. The molecule has 1 heterocycles. The molecule has 1 atom stereocenters. The predicted octanol–water partition coefficient (Wildman–Crippen LogP) is 3.22. The van der Waals surface area contributed by atoms with Gasteiger partial charge in [-0.2, -0.15) is 0 Å². The van der Waals surface area contributed by atoms with Gasteiger partial charge in [0.05, 0.1) is 11.7 Å². The molecule has 1 aliphatic rings. The minimum absolute atomic E-state index is 0.0971. The highest BCUT2D eigenvalue weighted by Gasteiger charge is 2.31. The lowest BCUT2D eigenvalue weighted by Gasteiger charge is -2.30. The van der Waals surface area contributed by atoms with Crippen LogP contribution in [-0.4, -0.2) is 24.8 Å². The summed E-state index contributed by atoms with van der Waals surface area (Å²) in [7, 11) is 0. The van der Waals surface area contributed by atoms with E-state index in [4.69, 9.17) is 4.74 Å². The fourth-order valence-corrected chi connectivity index (χ4v) is 1.98. The molecule has 0 bridgehead atoms. The maximum atomic E-state index is 5.96. The minimum Gasteiger partial charge on any atom is -0.371 e. The van der Waals surface area contributed by atoms with Gasteiger partial charge in [-0.1, -0.05) is 27.7 Å². The molecule has 1 fully saturated rings. The Kier molecular flexibility index (Phi) is 4.42. The molecular formula is C14H29NO. The first-order valence-corrected chi connectivity index (χ1v) is 6.61. The third kappa shape index (κ3) is 4.06. The van der Waals surface area contributed by atoms with Gasteiger partial charge < -0.3 is 10.1 Å². The fraction of sp³-hybridized carbons (Fsp3) is 1.00. The molecular weight excluding hydrogens is 198 g/mol. The van der Waals surface area contributed by atoms with E-state index in [2.05, 4.69) is 46.9 Å². The number of ether oxygens (including phenoxy) is 1. The first-order valence-electron chi connectivity index (χ1n) is 6.61. The van der Waals surface area contributed by atoms with Crippen molar-refractivity contribution in [2.24, 2.45) is 11.3 Å². The largest absolute Gasteiger partial charge is 0.371 e. The van der Waals surface area contributed by atoms with E-state index < -0.39 is 0 Å². The van der Waals surface area contributed by atoms with Crippen molar-refractivity contribution in [2.75, 3.05) is 13.1 Å². The predicted molar refractivity (Wildman–Crippen MR) is 69.7 cm³/mol. The molecule has 96 valence electrons. The summed E-state index contributed by atoms with van der Waals surface area (Å²) in [6.07, 6.45) is 2.80. The quantitative estimate of drug-likeness (QED) is 0.778. The van der Waals surface area contributed by atoms with Gasteiger partial charge in [0.15, 0.2) is 0 Å². The topological polar surface area (TPSA) is 21.3 Å². The van der Waals surface area contributed by atoms with Crippen molar-refractivity contribution in [2.45, 2.75) is 66.1 Å². The molecule has 0 radical (unpaired) electrons. The summed E-state index contributed by atoms with van der Waals surface area (Å²) in [5.41, 5.74) is 0.466. The molecule has 16 heavy (non-hydrogen) atoms. The summed E-state index contributed by atoms with van der Waals surface area (Å²) in [5.74, 6) is 0.709. The second kappa shape index (κ2) is 5.05. The van der Waals surface area contributed by atoms with E-state index in [1.165, 1.54) is 12.8 Å². The van der Waals surface area contributed by atoms with Crippen LogP contribution in [0.4, 0.5) is 0 Å². The van der Waals surface area contributed by atoms with Crippen LogP contribution in [0.3, 0.4) is 0 Å². The van der Waals surface area contributed by atoms with E-state index in [9.17, 15) is 0 Å². The summed E-state index contributed by atoms with van der Waals surface area (Å²) < 4.78 is 5.96. The Morgan fingerprint density at radius 1 is 1.38 bits per heavy atom. The Bertz CT molecular complexity index is 221. The fourth-order valence-electron chi connectivity index (χ4n) is 1.98. The molecule has 0 aromatic carbocycles. The third-order valence-electron chi connectivity index (χ3n) is 4.07. The van der Waals surface area contributed by atoms with Crippen LogP contribution in [-0.2, 0) is 4.74 Å². The van der Waals surface area contributed by atoms with E-state index >= 15 is 0 Å². The molecule has 0 spiro atoms. The average molecular weight is 227 g/mol. The second-order valence-electron chi connectivity index (χ2n) is 6.81. The van der Waals surface area contributed by atoms with E-state index in [0.717, 1.165) is 13.1 Å². The van der Waals surface area contributed by atoms with Crippen LogP contribution in [0.1, 0.15) is 54.4 Å². The van der Waals surface area contributed by atoms with Gasteiger partial charge in [0, 0.05) is 13.1 Å². The molecule has 0 aromatic heterocycles. The van der Waals surface area contributed by atoms with Crippen molar-refractivity contribution in [3.8, 4) is 0 Å². The molecule has 1 unspecified atom stereocenters. The second-order valence-corrected chi connectivity index (χ2v) is 6.81. The van der Waals surface area contributed by atoms with Crippen LogP contribution >= 0.6 is 0 Å².